The second-order valence-electron chi connectivity index (χ2n) is 6.14. The van der Waals surface area contributed by atoms with E-state index in [-0.39, 0.29) is 16.6 Å². The molecule has 0 saturated carbocycles. The summed E-state index contributed by atoms with van der Waals surface area (Å²) in [5.74, 6) is 0.605. The third-order valence-corrected chi connectivity index (χ3v) is 5.56. The fourth-order valence-corrected chi connectivity index (χ4v) is 4.06. The number of nitrogens with zero attached hydrogens (tertiary/aromatic N) is 1. The van der Waals surface area contributed by atoms with Crippen LogP contribution >= 0.6 is 24.0 Å². The summed E-state index contributed by atoms with van der Waals surface area (Å²) < 4.78 is 16.4. The van der Waals surface area contributed by atoms with Gasteiger partial charge in [0.2, 0.25) is 11.7 Å². The SMILES string of the molecule is COc1ccc(C=C2SC(=S)N(NC(=O)Cc3ccccc3)C2=O)c(OC)c1OC. The third kappa shape index (κ3) is 4.58. The van der Waals surface area contributed by atoms with Crippen molar-refractivity contribution in [1.82, 2.24) is 10.4 Å². The number of rotatable bonds is 7. The van der Waals surface area contributed by atoms with Crippen LogP contribution in [0.25, 0.3) is 6.08 Å². The van der Waals surface area contributed by atoms with Crippen molar-refractivity contribution >= 4 is 46.2 Å². The zero-order valence-corrected chi connectivity index (χ0v) is 18.3. The number of benzene rings is 2. The zero-order valence-electron chi connectivity index (χ0n) is 16.6. The van der Waals surface area contributed by atoms with E-state index in [9.17, 15) is 9.59 Å². The standard InChI is InChI=1S/C21H20N2O5S2/c1-26-15-10-9-14(18(27-2)19(15)28-3)12-16-20(25)23(21(29)30-16)22-17(24)11-13-7-5-4-6-8-13/h4-10,12H,11H2,1-3H3,(H,22,24). The Morgan fingerprint density at radius 3 is 2.40 bits per heavy atom. The van der Waals surface area contributed by atoms with E-state index in [1.54, 1.807) is 18.2 Å². The van der Waals surface area contributed by atoms with E-state index in [1.165, 1.54) is 21.3 Å². The Labute approximate surface area is 184 Å². The predicted molar refractivity (Wildman–Crippen MR) is 119 cm³/mol. The van der Waals surface area contributed by atoms with Crippen LogP contribution in [0.15, 0.2) is 47.4 Å². The summed E-state index contributed by atoms with van der Waals surface area (Å²) in [6.45, 7) is 0. The summed E-state index contributed by atoms with van der Waals surface area (Å²) in [6.07, 6.45) is 1.78. The lowest BCUT2D eigenvalue weighted by Crippen LogP contribution is -2.45. The zero-order chi connectivity index (χ0) is 21.7. The minimum atomic E-state index is -0.414. The maximum absolute atomic E-state index is 12.8. The van der Waals surface area contributed by atoms with Crippen LogP contribution in [-0.2, 0) is 16.0 Å². The molecule has 1 aliphatic rings. The van der Waals surface area contributed by atoms with Gasteiger partial charge in [-0.3, -0.25) is 15.0 Å². The maximum atomic E-state index is 12.8. The van der Waals surface area contributed by atoms with Gasteiger partial charge in [-0.2, -0.15) is 5.01 Å². The Balaban J connectivity index is 1.80. The molecular weight excluding hydrogens is 424 g/mol. The summed E-state index contributed by atoms with van der Waals surface area (Å²) in [6, 6.07) is 12.7. The fraction of sp³-hybridized carbons (Fsp3) is 0.190. The van der Waals surface area contributed by atoms with Gasteiger partial charge in [0.05, 0.1) is 32.7 Å². The number of methoxy groups -OCH3 is 3. The van der Waals surface area contributed by atoms with Crippen molar-refractivity contribution in [2.45, 2.75) is 6.42 Å². The van der Waals surface area contributed by atoms with Crippen LogP contribution < -0.4 is 19.6 Å². The molecule has 0 unspecified atom stereocenters. The number of carbonyl (C=O) groups excluding carboxylic acids is 2. The average Bonchev–Trinajstić information content (AvgIpc) is 3.01. The van der Waals surface area contributed by atoms with Crippen molar-refractivity contribution in [2.75, 3.05) is 21.3 Å². The van der Waals surface area contributed by atoms with E-state index in [2.05, 4.69) is 5.43 Å². The molecule has 1 aliphatic heterocycles. The lowest BCUT2D eigenvalue weighted by Gasteiger charge is -2.16. The molecule has 156 valence electrons. The molecule has 0 spiro atoms. The molecule has 0 aromatic heterocycles. The number of amides is 2. The first-order valence-electron chi connectivity index (χ1n) is 8.88. The Morgan fingerprint density at radius 1 is 1.07 bits per heavy atom. The van der Waals surface area contributed by atoms with Crippen LogP contribution in [0.4, 0.5) is 0 Å². The normalized spacial score (nSPS) is 14.8. The monoisotopic (exact) mass is 444 g/mol. The number of nitrogens with one attached hydrogen (secondary N) is 1. The maximum Gasteiger partial charge on any atom is 0.285 e. The number of thioether (sulfide) groups is 1. The topological polar surface area (TPSA) is 77.1 Å². The van der Waals surface area contributed by atoms with E-state index in [4.69, 9.17) is 26.4 Å². The number of thiocarbonyl (C=S) groups is 1. The molecule has 1 saturated heterocycles. The first-order valence-corrected chi connectivity index (χ1v) is 10.1. The van der Waals surface area contributed by atoms with E-state index < -0.39 is 5.91 Å². The van der Waals surface area contributed by atoms with Gasteiger partial charge in [-0.1, -0.05) is 42.1 Å². The highest BCUT2D eigenvalue weighted by Gasteiger charge is 2.34. The lowest BCUT2D eigenvalue weighted by atomic mass is 10.1. The smallest absolute Gasteiger partial charge is 0.285 e. The molecule has 3 rings (SSSR count). The van der Waals surface area contributed by atoms with Gasteiger partial charge in [0.25, 0.3) is 5.91 Å². The third-order valence-electron chi connectivity index (χ3n) is 4.26. The fourth-order valence-electron chi connectivity index (χ4n) is 2.89. The van der Waals surface area contributed by atoms with Crippen molar-refractivity contribution < 1.29 is 23.8 Å². The summed E-state index contributed by atoms with van der Waals surface area (Å²) >= 11 is 6.37. The summed E-state index contributed by atoms with van der Waals surface area (Å²) in [4.78, 5) is 25.5. The molecule has 2 aromatic carbocycles. The first kappa shape index (κ1) is 21.7. The van der Waals surface area contributed by atoms with Gasteiger partial charge >= 0.3 is 0 Å². The second-order valence-corrected chi connectivity index (χ2v) is 7.81. The van der Waals surface area contributed by atoms with Crippen molar-refractivity contribution in [2.24, 2.45) is 0 Å². The lowest BCUT2D eigenvalue weighted by molar-refractivity contribution is -0.132. The number of hydrogen-bond acceptors (Lipinski definition) is 7. The highest BCUT2D eigenvalue weighted by molar-refractivity contribution is 8.26. The van der Waals surface area contributed by atoms with Gasteiger partial charge in [-0.15, -0.1) is 0 Å². The molecule has 1 heterocycles. The molecule has 1 fully saturated rings. The van der Waals surface area contributed by atoms with Crippen LogP contribution in [0.2, 0.25) is 0 Å². The van der Waals surface area contributed by atoms with Gasteiger partial charge < -0.3 is 14.2 Å². The molecule has 2 amide bonds. The number of hydrogen-bond donors (Lipinski definition) is 1. The summed E-state index contributed by atoms with van der Waals surface area (Å²) in [5, 5.41) is 1.09. The number of carbonyl (C=O) groups is 2. The van der Waals surface area contributed by atoms with Crippen molar-refractivity contribution in [1.29, 1.82) is 0 Å². The van der Waals surface area contributed by atoms with E-state index in [0.29, 0.717) is 27.7 Å². The summed E-state index contributed by atoms with van der Waals surface area (Å²) in [5.41, 5.74) is 4.03. The summed E-state index contributed by atoms with van der Waals surface area (Å²) in [7, 11) is 4.54. The predicted octanol–water partition coefficient (Wildman–Crippen LogP) is 3.19. The molecule has 9 heteroatoms. The van der Waals surface area contributed by atoms with Gasteiger partial charge in [0.15, 0.2) is 15.8 Å². The number of hydrazine groups is 1. The highest BCUT2D eigenvalue weighted by Crippen LogP contribution is 2.42. The van der Waals surface area contributed by atoms with Crippen molar-refractivity contribution in [3.8, 4) is 17.2 Å². The second kappa shape index (κ2) is 9.64. The minimum Gasteiger partial charge on any atom is -0.493 e. The van der Waals surface area contributed by atoms with Crippen molar-refractivity contribution in [3.05, 3.63) is 58.5 Å². The molecule has 0 atom stereocenters. The van der Waals surface area contributed by atoms with Crippen LogP contribution in [0.3, 0.4) is 0 Å². The van der Waals surface area contributed by atoms with Crippen LogP contribution in [0.1, 0.15) is 11.1 Å². The van der Waals surface area contributed by atoms with Crippen molar-refractivity contribution in [3.63, 3.8) is 0 Å². The average molecular weight is 445 g/mol. The molecular formula is C21H20N2O5S2. The Bertz CT molecular complexity index is 1010. The molecule has 0 bridgehead atoms. The van der Waals surface area contributed by atoms with Gasteiger partial charge in [0.1, 0.15) is 0 Å². The van der Waals surface area contributed by atoms with Crippen LogP contribution in [0, 0.1) is 0 Å². The van der Waals surface area contributed by atoms with Crippen LogP contribution in [-0.4, -0.2) is 42.5 Å². The minimum absolute atomic E-state index is 0.139. The van der Waals surface area contributed by atoms with Gasteiger partial charge in [-0.25, -0.2) is 0 Å². The molecule has 2 aromatic rings. The van der Waals surface area contributed by atoms with E-state index in [1.807, 2.05) is 30.3 Å². The Morgan fingerprint density at radius 2 is 1.77 bits per heavy atom. The first-order chi connectivity index (χ1) is 14.5. The largest absolute Gasteiger partial charge is 0.493 e. The molecule has 7 nitrogen and oxygen atoms in total. The highest BCUT2D eigenvalue weighted by atomic mass is 32.2. The molecule has 0 radical (unpaired) electrons. The Kier molecular flexibility index (Phi) is 6.96. The quantitative estimate of drug-likeness (QED) is 0.519. The molecule has 1 N–H and O–H groups in total. The van der Waals surface area contributed by atoms with Gasteiger partial charge in [-0.05, 0) is 36.0 Å². The van der Waals surface area contributed by atoms with Crippen LogP contribution in [0.5, 0.6) is 17.2 Å². The molecule has 30 heavy (non-hydrogen) atoms. The van der Waals surface area contributed by atoms with E-state index >= 15 is 0 Å². The van der Waals surface area contributed by atoms with Gasteiger partial charge in [0, 0.05) is 5.56 Å². The number of ether oxygens (including phenoxy) is 3. The molecule has 0 aliphatic carbocycles. The Hall–Kier alpha value is -3.04. The van der Waals surface area contributed by atoms with E-state index in [0.717, 1.165) is 22.3 Å².